The SMILES string of the molecule is CCC[C@H](N)C(=O)N1CC(C(N)=O)Oc2ccccc21. The number of nitrogens with zero attached hydrogens (tertiary/aromatic N) is 1. The maximum atomic E-state index is 12.4. The van der Waals surface area contributed by atoms with Crippen molar-refractivity contribution in [3.63, 3.8) is 0 Å². The summed E-state index contributed by atoms with van der Waals surface area (Å²) in [4.78, 5) is 25.3. The molecule has 0 radical (unpaired) electrons. The lowest BCUT2D eigenvalue weighted by Crippen LogP contribution is -2.53. The number of fused-ring (bicyclic) bond motifs is 1. The molecule has 0 fully saturated rings. The Labute approximate surface area is 117 Å². The first-order valence-corrected chi connectivity index (χ1v) is 6.66. The summed E-state index contributed by atoms with van der Waals surface area (Å²) < 4.78 is 5.50. The van der Waals surface area contributed by atoms with Crippen LogP contribution in [0.1, 0.15) is 19.8 Å². The van der Waals surface area contributed by atoms with Crippen LogP contribution in [0.5, 0.6) is 5.75 Å². The van der Waals surface area contributed by atoms with Crippen molar-refractivity contribution < 1.29 is 14.3 Å². The van der Waals surface area contributed by atoms with Crippen molar-refractivity contribution in [2.45, 2.75) is 31.9 Å². The van der Waals surface area contributed by atoms with Crippen LogP contribution in [0.25, 0.3) is 0 Å². The Kier molecular flexibility index (Phi) is 4.24. The van der Waals surface area contributed by atoms with Crippen LogP contribution < -0.4 is 21.1 Å². The Morgan fingerprint density at radius 1 is 1.45 bits per heavy atom. The third-order valence-corrected chi connectivity index (χ3v) is 3.27. The maximum Gasteiger partial charge on any atom is 0.260 e. The van der Waals surface area contributed by atoms with Gasteiger partial charge in [0.2, 0.25) is 5.91 Å². The van der Waals surface area contributed by atoms with Gasteiger partial charge in [0.05, 0.1) is 18.3 Å². The summed E-state index contributed by atoms with van der Waals surface area (Å²) in [6.45, 7) is 2.06. The van der Waals surface area contributed by atoms with E-state index in [4.69, 9.17) is 16.2 Å². The van der Waals surface area contributed by atoms with Gasteiger partial charge in [-0.25, -0.2) is 0 Å². The highest BCUT2D eigenvalue weighted by atomic mass is 16.5. The van der Waals surface area contributed by atoms with E-state index in [1.54, 1.807) is 24.3 Å². The first kappa shape index (κ1) is 14.3. The predicted octanol–water partition coefficient (Wildman–Crippen LogP) is 0.393. The Hall–Kier alpha value is -2.08. The van der Waals surface area contributed by atoms with Gasteiger partial charge in [0.1, 0.15) is 5.75 Å². The van der Waals surface area contributed by atoms with Crippen LogP contribution in [-0.2, 0) is 9.59 Å². The van der Waals surface area contributed by atoms with E-state index in [2.05, 4.69) is 0 Å². The fourth-order valence-corrected chi connectivity index (χ4v) is 2.23. The number of anilines is 1. The van der Waals surface area contributed by atoms with Crippen molar-refractivity contribution in [2.75, 3.05) is 11.4 Å². The van der Waals surface area contributed by atoms with E-state index < -0.39 is 18.1 Å². The number of ether oxygens (including phenoxy) is 1. The van der Waals surface area contributed by atoms with Crippen LogP contribution in [0.4, 0.5) is 5.69 Å². The highest BCUT2D eigenvalue weighted by Gasteiger charge is 2.34. The van der Waals surface area contributed by atoms with Crippen LogP contribution >= 0.6 is 0 Å². The molecular formula is C14H19N3O3. The number of primary amides is 1. The number of hydrogen-bond acceptors (Lipinski definition) is 4. The molecule has 0 bridgehead atoms. The second-order valence-corrected chi connectivity index (χ2v) is 4.82. The molecule has 2 amide bonds. The number of amides is 2. The van der Waals surface area contributed by atoms with Crippen molar-refractivity contribution in [2.24, 2.45) is 11.5 Å². The molecule has 0 aromatic heterocycles. The molecule has 2 rings (SSSR count). The molecule has 108 valence electrons. The molecule has 1 aromatic rings. The second kappa shape index (κ2) is 5.92. The van der Waals surface area contributed by atoms with E-state index in [0.717, 1.165) is 6.42 Å². The zero-order valence-electron chi connectivity index (χ0n) is 11.4. The molecule has 0 aliphatic carbocycles. The fourth-order valence-electron chi connectivity index (χ4n) is 2.23. The van der Waals surface area contributed by atoms with Crippen LogP contribution in [0.15, 0.2) is 24.3 Å². The second-order valence-electron chi connectivity index (χ2n) is 4.82. The summed E-state index contributed by atoms with van der Waals surface area (Å²) in [6, 6.07) is 6.47. The van der Waals surface area contributed by atoms with Gasteiger partial charge in [-0.3, -0.25) is 9.59 Å². The highest BCUT2D eigenvalue weighted by molar-refractivity contribution is 6.00. The average molecular weight is 277 g/mol. The Morgan fingerprint density at radius 3 is 2.80 bits per heavy atom. The third kappa shape index (κ3) is 2.75. The lowest BCUT2D eigenvalue weighted by Gasteiger charge is -2.34. The lowest BCUT2D eigenvalue weighted by molar-refractivity contribution is -0.125. The van der Waals surface area contributed by atoms with E-state index in [1.165, 1.54) is 4.90 Å². The van der Waals surface area contributed by atoms with Gasteiger partial charge in [0, 0.05) is 0 Å². The molecule has 1 aliphatic heterocycles. The van der Waals surface area contributed by atoms with Crippen molar-refractivity contribution in [3.05, 3.63) is 24.3 Å². The maximum absolute atomic E-state index is 12.4. The van der Waals surface area contributed by atoms with Gasteiger partial charge in [0.15, 0.2) is 6.10 Å². The first-order chi connectivity index (χ1) is 9.54. The quantitative estimate of drug-likeness (QED) is 0.831. The topological polar surface area (TPSA) is 98.7 Å². The number of para-hydroxylation sites is 2. The average Bonchev–Trinajstić information content (AvgIpc) is 2.45. The van der Waals surface area contributed by atoms with Crippen molar-refractivity contribution >= 4 is 17.5 Å². The van der Waals surface area contributed by atoms with Gasteiger partial charge in [-0.1, -0.05) is 25.5 Å². The fraction of sp³-hybridized carbons (Fsp3) is 0.429. The minimum Gasteiger partial charge on any atom is -0.477 e. The molecule has 6 nitrogen and oxygen atoms in total. The molecule has 4 N–H and O–H groups in total. The molecule has 0 saturated carbocycles. The summed E-state index contributed by atoms with van der Waals surface area (Å²) in [5.74, 6) is -0.338. The Balaban J connectivity index is 2.31. The summed E-state index contributed by atoms with van der Waals surface area (Å²) in [6.07, 6.45) is 0.570. The monoisotopic (exact) mass is 277 g/mol. The first-order valence-electron chi connectivity index (χ1n) is 6.66. The van der Waals surface area contributed by atoms with Gasteiger partial charge in [0.25, 0.3) is 5.91 Å². The van der Waals surface area contributed by atoms with E-state index in [9.17, 15) is 9.59 Å². The molecular weight excluding hydrogens is 258 g/mol. The molecule has 1 unspecified atom stereocenters. The molecule has 1 aliphatic rings. The van der Waals surface area contributed by atoms with Gasteiger partial charge >= 0.3 is 0 Å². The zero-order chi connectivity index (χ0) is 14.7. The summed E-state index contributed by atoms with van der Waals surface area (Å²) in [5.41, 5.74) is 11.8. The van der Waals surface area contributed by atoms with Crippen LogP contribution in [0.2, 0.25) is 0 Å². The van der Waals surface area contributed by atoms with E-state index in [0.29, 0.717) is 17.9 Å². The van der Waals surface area contributed by atoms with Crippen molar-refractivity contribution in [1.29, 1.82) is 0 Å². The van der Waals surface area contributed by atoms with E-state index in [-0.39, 0.29) is 12.5 Å². The summed E-state index contributed by atoms with van der Waals surface area (Å²) in [5, 5.41) is 0. The van der Waals surface area contributed by atoms with E-state index >= 15 is 0 Å². The van der Waals surface area contributed by atoms with Crippen molar-refractivity contribution in [1.82, 2.24) is 0 Å². The van der Waals surface area contributed by atoms with Crippen LogP contribution in [-0.4, -0.2) is 30.5 Å². The van der Waals surface area contributed by atoms with Gasteiger partial charge < -0.3 is 21.1 Å². The minimum absolute atomic E-state index is 0.0998. The van der Waals surface area contributed by atoms with Gasteiger partial charge in [-0.05, 0) is 18.6 Å². The number of hydrogen-bond donors (Lipinski definition) is 2. The van der Waals surface area contributed by atoms with Crippen LogP contribution in [0.3, 0.4) is 0 Å². The summed E-state index contributed by atoms with van der Waals surface area (Å²) in [7, 11) is 0. The smallest absolute Gasteiger partial charge is 0.260 e. The largest absolute Gasteiger partial charge is 0.477 e. The molecule has 6 heteroatoms. The highest BCUT2D eigenvalue weighted by Crippen LogP contribution is 2.33. The number of benzene rings is 1. The molecule has 1 aromatic carbocycles. The minimum atomic E-state index is -0.845. The number of nitrogens with two attached hydrogens (primary N) is 2. The molecule has 20 heavy (non-hydrogen) atoms. The van der Waals surface area contributed by atoms with Crippen LogP contribution in [0, 0.1) is 0 Å². The third-order valence-electron chi connectivity index (χ3n) is 3.27. The number of rotatable bonds is 4. The van der Waals surface area contributed by atoms with Gasteiger partial charge in [-0.2, -0.15) is 0 Å². The molecule has 0 spiro atoms. The molecule has 2 atom stereocenters. The standard InChI is InChI=1S/C14H19N3O3/c1-2-5-9(15)14(19)17-8-12(13(16)18)20-11-7-4-3-6-10(11)17/h3-4,6-7,9,12H,2,5,8,15H2,1H3,(H2,16,18)/t9-,12?/m0/s1. The van der Waals surface area contributed by atoms with Crippen molar-refractivity contribution in [3.8, 4) is 5.75 Å². The Bertz CT molecular complexity index is 518. The Morgan fingerprint density at radius 2 is 2.15 bits per heavy atom. The summed E-state index contributed by atoms with van der Waals surface area (Å²) >= 11 is 0. The van der Waals surface area contributed by atoms with E-state index in [1.807, 2.05) is 6.92 Å². The molecule has 0 saturated heterocycles. The number of carbonyl (C=O) groups excluding carboxylic acids is 2. The number of carbonyl (C=O) groups is 2. The zero-order valence-corrected chi connectivity index (χ0v) is 11.4. The lowest BCUT2D eigenvalue weighted by atomic mass is 10.1. The molecule has 1 heterocycles. The van der Waals surface area contributed by atoms with Gasteiger partial charge in [-0.15, -0.1) is 0 Å². The normalized spacial score (nSPS) is 18.9. The predicted molar refractivity (Wildman–Crippen MR) is 75.3 cm³/mol.